The molecule has 1 aromatic rings. The first kappa shape index (κ1) is 13.1. The molecule has 0 fully saturated rings. The van der Waals surface area contributed by atoms with Gasteiger partial charge in [0.25, 0.3) is 10.1 Å². The van der Waals surface area contributed by atoms with E-state index in [2.05, 4.69) is 16.5 Å². The van der Waals surface area contributed by atoms with Crippen molar-refractivity contribution in [2.24, 2.45) is 0 Å². The van der Waals surface area contributed by atoms with Crippen LogP contribution >= 0.6 is 0 Å². The van der Waals surface area contributed by atoms with Crippen LogP contribution in [0.2, 0.25) is 0 Å². The molecule has 0 amide bonds. The zero-order valence-electron chi connectivity index (χ0n) is 8.42. The third-order valence-electron chi connectivity index (χ3n) is 1.33. The summed E-state index contributed by atoms with van der Waals surface area (Å²) >= 11 is 0. The standard InChI is InChI=1S/C7H12N2.CH4O3S/c1-2-3-5-9-6-4-8-7-9;1-5(2,3)4/h4,6-7H,2-3,5H2,1H3;1H3,(H,2,3,4). The quantitative estimate of drug-likeness (QED) is 0.776. The lowest BCUT2D eigenvalue weighted by atomic mass is 10.3. The van der Waals surface area contributed by atoms with Gasteiger partial charge in [-0.05, 0) is 6.42 Å². The molecule has 0 radical (unpaired) electrons. The molecule has 1 rings (SSSR count). The predicted molar refractivity (Wildman–Crippen MR) is 54.6 cm³/mol. The third-order valence-corrected chi connectivity index (χ3v) is 1.33. The van der Waals surface area contributed by atoms with Crippen LogP contribution in [0, 0.1) is 0 Å². The smallest absolute Gasteiger partial charge is 0.261 e. The molecule has 1 N–H and O–H groups in total. The van der Waals surface area contributed by atoms with Crippen molar-refractivity contribution in [3.8, 4) is 0 Å². The summed E-state index contributed by atoms with van der Waals surface area (Å²) in [7, 11) is -3.67. The van der Waals surface area contributed by atoms with Crippen molar-refractivity contribution in [2.75, 3.05) is 6.26 Å². The number of hydrogen-bond acceptors (Lipinski definition) is 3. The van der Waals surface area contributed by atoms with Gasteiger partial charge in [0.2, 0.25) is 0 Å². The van der Waals surface area contributed by atoms with E-state index in [9.17, 15) is 8.42 Å². The number of unbranched alkanes of at least 4 members (excludes halogenated alkanes) is 1. The Morgan fingerprint density at radius 3 is 2.43 bits per heavy atom. The molecule has 0 saturated carbocycles. The van der Waals surface area contributed by atoms with E-state index < -0.39 is 10.1 Å². The van der Waals surface area contributed by atoms with E-state index in [0.29, 0.717) is 6.26 Å². The van der Waals surface area contributed by atoms with Crippen LogP contribution in [0.3, 0.4) is 0 Å². The fraction of sp³-hybridized carbons (Fsp3) is 0.625. The van der Waals surface area contributed by atoms with Gasteiger partial charge in [0.1, 0.15) is 0 Å². The molecule has 0 bridgehead atoms. The summed E-state index contributed by atoms with van der Waals surface area (Å²) in [6.07, 6.45) is 8.88. The van der Waals surface area contributed by atoms with Gasteiger partial charge in [0.15, 0.2) is 0 Å². The maximum atomic E-state index is 9.19. The molecule has 0 aromatic carbocycles. The highest BCUT2D eigenvalue weighted by molar-refractivity contribution is 7.85. The van der Waals surface area contributed by atoms with Crippen LogP contribution in [-0.4, -0.2) is 28.8 Å². The Morgan fingerprint density at radius 2 is 2.07 bits per heavy atom. The van der Waals surface area contributed by atoms with Crippen molar-refractivity contribution in [1.82, 2.24) is 9.55 Å². The molecule has 14 heavy (non-hydrogen) atoms. The van der Waals surface area contributed by atoms with Crippen LogP contribution < -0.4 is 0 Å². The van der Waals surface area contributed by atoms with Crippen molar-refractivity contribution in [3.05, 3.63) is 18.7 Å². The van der Waals surface area contributed by atoms with Crippen molar-refractivity contribution in [3.63, 3.8) is 0 Å². The third kappa shape index (κ3) is 11.1. The Bertz CT molecular complexity index is 310. The molecule has 6 heteroatoms. The molecule has 5 nitrogen and oxygen atoms in total. The van der Waals surface area contributed by atoms with Gasteiger partial charge in [-0.2, -0.15) is 8.42 Å². The second kappa shape index (κ2) is 6.56. The van der Waals surface area contributed by atoms with E-state index in [-0.39, 0.29) is 0 Å². The lowest BCUT2D eigenvalue weighted by Crippen LogP contribution is -1.92. The first-order valence-electron chi connectivity index (χ1n) is 4.31. The Morgan fingerprint density at radius 1 is 1.50 bits per heavy atom. The number of hydrogen-bond donors (Lipinski definition) is 1. The second-order valence-corrected chi connectivity index (χ2v) is 4.35. The largest absolute Gasteiger partial charge is 0.337 e. The maximum Gasteiger partial charge on any atom is 0.261 e. The summed E-state index contributed by atoms with van der Waals surface area (Å²) in [6, 6.07) is 0. The number of aromatic nitrogens is 2. The average Bonchev–Trinajstić information content (AvgIpc) is 2.49. The second-order valence-electron chi connectivity index (χ2n) is 2.89. The molecule has 1 heterocycles. The Balaban J connectivity index is 0.000000292. The fourth-order valence-electron chi connectivity index (χ4n) is 0.760. The topological polar surface area (TPSA) is 72.2 Å². The summed E-state index contributed by atoms with van der Waals surface area (Å²) in [5.41, 5.74) is 0. The summed E-state index contributed by atoms with van der Waals surface area (Å²) in [6.45, 7) is 3.30. The molecule has 0 aliphatic rings. The summed E-state index contributed by atoms with van der Waals surface area (Å²) in [5, 5.41) is 0. The van der Waals surface area contributed by atoms with Crippen LogP contribution in [0.4, 0.5) is 0 Å². The minimum absolute atomic E-state index is 0.715. The van der Waals surface area contributed by atoms with Crippen molar-refractivity contribution in [2.45, 2.75) is 26.3 Å². The number of imidazole rings is 1. The van der Waals surface area contributed by atoms with Gasteiger partial charge in [0.05, 0.1) is 12.6 Å². The van der Waals surface area contributed by atoms with E-state index in [4.69, 9.17) is 4.55 Å². The van der Waals surface area contributed by atoms with E-state index in [0.717, 1.165) is 6.54 Å². The molecular formula is C8H16N2O3S. The van der Waals surface area contributed by atoms with E-state index in [1.165, 1.54) is 12.8 Å². The number of nitrogens with zero attached hydrogens (tertiary/aromatic N) is 2. The lowest BCUT2D eigenvalue weighted by Gasteiger charge is -1.96. The molecule has 0 atom stereocenters. The molecular weight excluding hydrogens is 204 g/mol. The summed E-state index contributed by atoms with van der Waals surface area (Å²) < 4.78 is 28.0. The monoisotopic (exact) mass is 220 g/mol. The molecule has 82 valence electrons. The van der Waals surface area contributed by atoms with Crippen LogP contribution in [0.1, 0.15) is 19.8 Å². The molecule has 0 unspecified atom stereocenters. The van der Waals surface area contributed by atoms with Gasteiger partial charge in [-0.25, -0.2) is 4.98 Å². The van der Waals surface area contributed by atoms with Crippen molar-refractivity contribution < 1.29 is 13.0 Å². The van der Waals surface area contributed by atoms with Crippen LogP contribution in [0.15, 0.2) is 18.7 Å². The predicted octanol–water partition coefficient (Wildman–Crippen LogP) is 1.19. The van der Waals surface area contributed by atoms with Crippen molar-refractivity contribution >= 4 is 10.1 Å². The number of aryl methyl sites for hydroxylation is 1. The van der Waals surface area contributed by atoms with E-state index >= 15 is 0 Å². The normalized spacial score (nSPS) is 10.5. The maximum absolute atomic E-state index is 9.19. The zero-order valence-corrected chi connectivity index (χ0v) is 9.24. The molecule has 1 aromatic heterocycles. The van der Waals surface area contributed by atoms with Crippen LogP contribution in [-0.2, 0) is 16.7 Å². The fourth-order valence-corrected chi connectivity index (χ4v) is 0.760. The molecule has 0 aliphatic carbocycles. The van der Waals surface area contributed by atoms with Crippen molar-refractivity contribution in [1.29, 1.82) is 0 Å². The first-order chi connectivity index (χ1) is 6.43. The Kier molecular flexibility index (Phi) is 6.14. The van der Waals surface area contributed by atoms with Gasteiger partial charge in [-0.3, -0.25) is 4.55 Å². The van der Waals surface area contributed by atoms with Gasteiger partial charge >= 0.3 is 0 Å². The number of rotatable bonds is 3. The minimum atomic E-state index is -3.67. The van der Waals surface area contributed by atoms with Gasteiger partial charge in [0, 0.05) is 18.9 Å². The average molecular weight is 220 g/mol. The first-order valence-corrected chi connectivity index (χ1v) is 6.16. The van der Waals surface area contributed by atoms with E-state index in [1.54, 1.807) is 0 Å². The minimum Gasteiger partial charge on any atom is -0.337 e. The molecule has 0 aliphatic heterocycles. The summed E-state index contributed by atoms with van der Waals surface area (Å²) in [5.74, 6) is 0. The highest BCUT2D eigenvalue weighted by Crippen LogP contribution is 1.92. The van der Waals surface area contributed by atoms with E-state index in [1.807, 2.05) is 18.7 Å². The SMILES string of the molecule is CCCCn1ccnc1.CS(=O)(=O)O. The van der Waals surface area contributed by atoms with Crippen LogP contribution in [0.5, 0.6) is 0 Å². The van der Waals surface area contributed by atoms with Gasteiger partial charge in [-0.1, -0.05) is 13.3 Å². The molecule has 0 spiro atoms. The Labute approximate surface area is 84.5 Å². The zero-order chi connectivity index (χ0) is 11.0. The van der Waals surface area contributed by atoms with Gasteiger partial charge < -0.3 is 4.57 Å². The van der Waals surface area contributed by atoms with Crippen LogP contribution in [0.25, 0.3) is 0 Å². The Hall–Kier alpha value is -0.880. The highest BCUT2D eigenvalue weighted by Gasteiger charge is 1.85. The van der Waals surface area contributed by atoms with Gasteiger partial charge in [-0.15, -0.1) is 0 Å². The highest BCUT2D eigenvalue weighted by atomic mass is 32.2. The summed E-state index contributed by atoms with van der Waals surface area (Å²) in [4.78, 5) is 3.94. The molecule has 0 saturated heterocycles. The lowest BCUT2D eigenvalue weighted by molar-refractivity contribution is 0.490.